The fourth-order valence-corrected chi connectivity index (χ4v) is 4.23. The molecule has 0 spiro atoms. The Bertz CT molecular complexity index is 1090. The first-order chi connectivity index (χ1) is 16.2. The molecule has 8 nitrogen and oxygen atoms in total. The summed E-state index contributed by atoms with van der Waals surface area (Å²) in [5.74, 6) is -1.01. The lowest BCUT2D eigenvalue weighted by atomic mass is 10.1. The molecular formula is C24H31F2N7O. The van der Waals surface area contributed by atoms with Crippen molar-refractivity contribution in [3.63, 3.8) is 0 Å². The predicted octanol–water partition coefficient (Wildman–Crippen LogP) is 2.64. The normalized spacial score (nSPS) is 15.7. The second kappa shape index (κ2) is 10.5. The zero-order valence-corrected chi connectivity index (χ0v) is 19.7. The molecule has 1 unspecified atom stereocenters. The highest BCUT2D eigenvalue weighted by atomic mass is 19.1. The molecule has 2 heterocycles. The summed E-state index contributed by atoms with van der Waals surface area (Å²) in [6.45, 7) is 6.88. The van der Waals surface area contributed by atoms with Crippen molar-refractivity contribution in [1.82, 2.24) is 24.6 Å². The van der Waals surface area contributed by atoms with Crippen molar-refractivity contribution >= 4 is 17.3 Å². The first-order valence-corrected chi connectivity index (χ1v) is 11.3. The maximum Gasteiger partial charge on any atom is 0.246 e. The van der Waals surface area contributed by atoms with Crippen LogP contribution in [-0.4, -0.2) is 89.1 Å². The molecule has 34 heavy (non-hydrogen) atoms. The van der Waals surface area contributed by atoms with E-state index < -0.39 is 11.6 Å². The Morgan fingerprint density at radius 2 is 1.71 bits per heavy atom. The highest BCUT2D eigenvalue weighted by Gasteiger charge is 2.20. The van der Waals surface area contributed by atoms with Gasteiger partial charge in [0.25, 0.3) is 0 Å². The van der Waals surface area contributed by atoms with E-state index in [4.69, 9.17) is 0 Å². The molecule has 0 radical (unpaired) electrons. The van der Waals surface area contributed by atoms with Gasteiger partial charge in [0.1, 0.15) is 18.0 Å². The Hall–Kier alpha value is -3.08. The third-order valence-corrected chi connectivity index (χ3v) is 5.70. The summed E-state index contributed by atoms with van der Waals surface area (Å²) >= 11 is 0. The van der Waals surface area contributed by atoms with Gasteiger partial charge < -0.3 is 20.2 Å². The predicted molar refractivity (Wildman–Crippen MR) is 129 cm³/mol. The van der Waals surface area contributed by atoms with Crippen LogP contribution in [0.25, 0.3) is 5.69 Å². The van der Waals surface area contributed by atoms with Gasteiger partial charge in [-0.2, -0.15) is 4.98 Å². The second-order valence-corrected chi connectivity index (χ2v) is 9.03. The van der Waals surface area contributed by atoms with Crippen LogP contribution < -0.4 is 10.2 Å². The van der Waals surface area contributed by atoms with Crippen LogP contribution in [0.2, 0.25) is 0 Å². The van der Waals surface area contributed by atoms with Crippen LogP contribution in [0.4, 0.5) is 26.1 Å². The van der Waals surface area contributed by atoms with Crippen LogP contribution in [0.3, 0.4) is 0 Å². The van der Waals surface area contributed by atoms with Crippen LogP contribution in [0.15, 0.2) is 42.7 Å². The van der Waals surface area contributed by atoms with E-state index in [0.717, 1.165) is 49.2 Å². The number of rotatable bonds is 8. The first kappa shape index (κ1) is 24.1. The minimum absolute atomic E-state index is 0.261. The minimum atomic E-state index is -0.671. The van der Waals surface area contributed by atoms with Gasteiger partial charge in [-0.1, -0.05) is 0 Å². The smallest absolute Gasteiger partial charge is 0.246 e. The molecule has 1 saturated heterocycles. The number of likely N-dealkylation sites (N-methyl/N-ethyl adjacent to an activating group) is 1. The number of hydrogen-bond donors (Lipinski definition) is 2. The van der Waals surface area contributed by atoms with Crippen LogP contribution in [0.5, 0.6) is 0 Å². The molecule has 3 aromatic rings. The summed E-state index contributed by atoms with van der Waals surface area (Å²) < 4.78 is 28.4. The Morgan fingerprint density at radius 3 is 2.38 bits per heavy atom. The lowest BCUT2D eigenvalue weighted by Gasteiger charge is -2.37. The Morgan fingerprint density at radius 1 is 1.00 bits per heavy atom. The third kappa shape index (κ3) is 6.28. The molecule has 2 aromatic carbocycles. The van der Waals surface area contributed by atoms with Crippen molar-refractivity contribution in [1.29, 1.82) is 0 Å². The lowest BCUT2D eigenvalue weighted by Crippen LogP contribution is -2.49. The van der Waals surface area contributed by atoms with E-state index in [2.05, 4.69) is 31.3 Å². The van der Waals surface area contributed by atoms with Gasteiger partial charge >= 0.3 is 0 Å². The number of β-amino-alcohol motifs (C(OH)–C–C–N with tert-alkyl or cyclic N) is 1. The minimum Gasteiger partial charge on any atom is -0.390 e. The summed E-state index contributed by atoms with van der Waals surface area (Å²) in [4.78, 5) is 10.8. The number of nitrogens with zero attached hydrogens (tertiary/aromatic N) is 6. The molecule has 0 saturated carbocycles. The van der Waals surface area contributed by atoms with Gasteiger partial charge in [-0.05, 0) is 56.9 Å². The van der Waals surface area contributed by atoms with E-state index in [1.807, 2.05) is 38.1 Å². The van der Waals surface area contributed by atoms with Gasteiger partial charge in [0.2, 0.25) is 5.95 Å². The highest BCUT2D eigenvalue weighted by molar-refractivity contribution is 5.64. The molecule has 2 N–H and O–H groups in total. The molecule has 0 aliphatic carbocycles. The highest BCUT2D eigenvalue weighted by Crippen LogP contribution is 2.25. The number of hydrogen-bond acceptors (Lipinski definition) is 7. The Labute approximate surface area is 198 Å². The van der Waals surface area contributed by atoms with E-state index in [1.165, 1.54) is 23.1 Å². The van der Waals surface area contributed by atoms with Crippen molar-refractivity contribution < 1.29 is 13.9 Å². The molecule has 1 fully saturated rings. The van der Waals surface area contributed by atoms with Gasteiger partial charge in [0, 0.05) is 56.7 Å². The molecular weight excluding hydrogens is 440 g/mol. The fraction of sp³-hybridized carbons (Fsp3) is 0.417. The monoisotopic (exact) mass is 471 g/mol. The van der Waals surface area contributed by atoms with Crippen molar-refractivity contribution in [2.24, 2.45) is 0 Å². The number of aromatic nitrogens is 3. The maximum atomic E-state index is 13.5. The average Bonchev–Trinajstić information content (AvgIpc) is 3.21. The van der Waals surface area contributed by atoms with Crippen LogP contribution >= 0.6 is 0 Å². The molecule has 1 atom stereocenters. The van der Waals surface area contributed by atoms with Crippen molar-refractivity contribution in [3.8, 4) is 5.69 Å². The number of piperazine rings is 1. The second-order valence-electron chi connectivity index (χ2n) is 9.03. The number of benzene rings is 2. The van der Waals surface area contributed by atoms with Crippen LogP contribution in [0, 0.1) is 18.6 Å². The van der Waals surface area contributed by atoms with Crippen molar-refractivity contribution in [2.75, 3.05) is 63.6 Å². The summed E-state index contributed by atoms with van der Waals surface area (Å²) in [5.41, 5.74) is 3.29. The molecule has 1 aliphatic rings. The molecule has 10 heteroatoms. The molecule has 0 amide bonds. The average molecular weight is 472 g/mol. The Balaban J connectivity index is 1.40. The number of aliphatic hydroxyl groups is 1. The van der Waals surface area contributed by atoms with Crippen LogP contribution in [-0.2, 0) is 0 Å². The zero-order chi connectivity index (χ0) is 24.2. The third-order valence-electron chi connectivity index (χ3n) is 5.70. The zero-order valence-electron chi connectivity index (χ0n) is 19.7. The SMILES string of the molecule is Cc1cc(Nc2ncn(-c3cc(F)cc(F)c3)n2)cc(N2CCN(CC(O)CN(C)C)CC2)c1. The van der Waals surface area contributed by atoms with E-state index in [0.29, 0.717) is 19.0 Å². The summed E-state index contributed by atoms with van der Waals surface area (Å²) in [6, 6.07) is 9.41. The maximum absolute atomic E-state index is 13.5. The molecule has 4 rings (SSSR count). The van der Waals surface area contributed by atoms with Crippen molar-refractivity contribution in [3.05, 3.63) is 59.9 Å². The van der Waals surface area contributed by atoms with Gasteiger partial charge in [-0.15, -0.1) is 5.10 Å². The van der Waals surface area contributed by atoms with E-state index in [-0.39, 0.29) is 11.8 Å². The van der Waals surface area contributed by atoms with Gasteiger partial charge in [-0.25, -0.2) is 13.5 Å². The van der Waals surface area contributed by atoms with Crippen molar-refractivity contribution in [2.45, 2.75) is 13.0 Å². The molecule has 182 valence electrons. The summed E-state index contributed by atoms with van der Waals surface area (Å²) in [6.07, 6.45) is 1.06. The molecule has 1 aliphatic heterocycles. The lowest BCUT2D eigenvalue weighted by molar-refractivity contribution is 0.0861. The van der Waals surface area contributed by atoms with Gasteiger partial charge in [-0.3, -0.25) is 4.90 Å². The Kier molecular flexibility index (Phi) is 7.40. The summed E-state index contributed by atoms with van der Waals surface area (Å²) in [5, 5.41) is 17.7. The van der Waals surface area contributed by atoms with Crippen LogP contribution in [0.1, 0.15) is 5.56 Å². The van der Waals surface area contributed by atoms with E-state index in [9.17, 15) is 13.9 Å². The number of aliphatic hydroxyl groups excluding tert-OH is 1. The van der Waals surface area contributed by atoms with Gasteiger partial charge in [0.15, 0.2) is 0 Å². The topological polar surface area (TPSA) is 72.7 Å². The number of anilines is 3. The van der Waals surface area contributed by atoms with Gasteiger partial charge in [0.05, 0.1) is 11.8 Å². The standard InChI is InChI=1S/C24H31F2N7O/c1-17-8-20(28-24-27-16-33(29-24)22-11-18(25)10-19(26)12-22)13-21(9-17)32-6-4-31(5-7-32)15-23(34)14-30(2)3/h8-13,16,23,34H,4-7,14-15H2,1-3H3,(H,28,29). The largest absolute Gasteiger partial charge is 0.390 e. The number of aryl methyl sites for hydroxylation is 1. The fourth-order valence-electron chi connectivity index (χ4n) is 4.23. The molecule has 1 aromatic heterocycles. The first-order valence-electron chi connectivity index (χ1n) is 11.3. The van der Waals surface area contributed by atoms with E-state index in [1.54, 1.807) is 0 Å². The quantitative estimate of drug-likeness (QED) is 0.523. The number of nitrogens with one attached hydrogen (secondary N) is 1. The molecule has 0 bridgehead atoms. The summed E-state index contributed by atoms with van der Waals surface area (Å²) in [7, 11) is 3.93. The van der Waals surface area contributed by atoms with E-state index >= 15 is 0 Å². The number of halogens is 2.